The van der Waals surface area contributed by atoms with Gasteiger partial charge in [0.05, 0.1) is 5.39 Å². The fourth-order valence-electron chi connectivity index (χ4n) is 4.80. The monoisotopic (exact) mass is 352 g/mol. The number of aliphatic hydroxyl groups excluding tert-OH is 3. The molecule has 1 fully saturated rings. The van der Waals surface area contributed by atoms with E-state index in [0.717, 1.165) is 10.8 Å². The van der Waals surface area contributed by atoms with Gasteiger partial charge in [-0.1, -0.05) is 36.4 Å². The average molecular weight is 352 g/mol. The van der Waals surface area contributed by atoms with Crippen LogP contribution in [0.25, 0.3) is 10.8 Å². The first-order chi connectivity index (χ1) is 12.5. The second-order valence-corrected chi connectivity index (χ2v) is 7.19. The van der Waals surface area contributed by atoms with Gasteiger partial charge in [-0.05, 0) is 23.6 Å². The molecular weight excluding hydrogens is 336 g/mol. The number of hydrogen-bond acceptors (Lipinski definition) is 6. The zero-order valence-corrected chi connectivity index (χ0v) is 13.6. The second kappa shape index (κ2) is 4.29. The minimum absolute atomic E-state index is 0.598. The van der Waals surface area contributed by atoms with Gasteiger partial charge in [-0.2, -0.15) is 0 Å². The Balaban J connectivity index is 1.60. The molecule has 0 saturated carbocycles. The van der Waals surface area contributed by atoms with Gasteiger partial charge in [0.15, 0.2) is 5.60 Å². The normalized spacial score (nSPS) is 40.5. The van der Waals surface area contributed by atoms with Crippen molar-refractivity contribution in [3.63, 3.8) is 0 Å². The molecule has 6 heteroatoms. The van der Waals surface area contributed by atoms with Crippen molar-refractivity contribution in [2.45, 2.75) is 35.3 Å². The van der Waals surface area contributed by atoms with E-state index in [2.05, 4.69) is 0 Å². The van der Waals surface area contributed by atoms with Crippen molar-refractivity contribution < 1.29 is 29.5 Å². The predicted molar refractivity (Wildman–Crippen MR) is 90.8 cm³/mol. The van der Waals surface area contributed by atoms with E-state index in [9.17, 15) is 15.3 Å². The van der Waals surface area contributed by atoms with Crippen LogP contribution >= 0.6 is 0 Å². The first-order valence-corrected chi connectivity index (χ1v) is 8.56. The van der Waals surface area contributed by atoms with Crippen LogP contribution in [0.15, 0.2) is 60.7 Å². The third-order valence-electron chi connectivity index (χ3n) is 6.01. The molecule has 26 heavy (non-hydrogen) atoms. The molecule has 4 aliphatic rings. The van der Waals surface area contributed by atoms with Gasteiger partial charge in [-0.3, -0.25) is 0 Å². The van der Waals surface area contributed by atoms with Gasteiger partial charge in [-0.25, -0.2) is 0 Å². The van der Waals surface area contributed by atoms with E-state index < -0.39 is 35.3 Å². The quantitative estimate of drug-likeness (QED) is 0.485. The van der Waals surface area contributed by atoms with E-state index in [1.807, 2.05) is 36.4 Å². The zero-order chi connectivity index (χ0) is 17.7. The average Bonchev–Trinajstić information content (AvgIpc) is 3.39. The number of aliphatic hydroxyl groups is 3. The minimum Gasteiger partial charge on any atom is -0.445 e. The standard InChI is InChI=1S/C20H16O6/c21-14-7-8-16(23)20-18(10-9-15(22)19(14,20)26-20)24-12-5-1-3-11-4-2-6-13(25-18)17(11)12/h1-10,14-16,21-23H/t14-,15-,16+,19-,20+/m0/s1. The smallest absolute Gasteiger partial charge is 0.306 e. The first kappa shape index (κ1) is 14.8. The van der Waals surface area contributed by atoms with E-state index in [-0.39, 0.29) is 0 Å². The Labute approximate surface area is 148 Å². The molecule has 0 radical (unpaired) electrons. The number of epoxide rings is 1. The van der Waals surface area contributed by atoms with Gasteiger partial charge >= 0.3 is 5.79 Å². The van der Waals surface area contributed by atoms with Crippen LogP contribution in [0.4, 0.5) is 0 Å². The molecule has 1 saturated heterocycles. The van der Waals surface area contributed by atoms with Crippen LogP contribution < -0.4 is 9.47 Å². The van der Waals surface area contributed by atoms with E-state index in [1.165, 1.54) is 18.2 Å². The van der Waals surface area contributed by atoms with Crippen molar-refractivity contribution in [2.75, 3.05) is 0 Å². The van der Waals surface area contributed by atoms with Crippen molar-refractivity contribution in [2.24, 2.45) is 0 Å². The van der Waals surface area contributed by atoms with Crippen LogP contribution in [-0.2, 0) is 4.74 Å². The summed E-state index contributed by atoms with van der Waals surface area (Å²) in [5.74, 6) is -0.305. The number of benzene rings is 2. The number of hydrogen-bond donors (Lipinski definition) is 3. The summed E-state index contributed by atoms with van der Waals surface area (Å²) in [6.07, 6.45) is 2.66. The summed E-state index contributed by atoms with van der Waals surface area (Å²) in [6, 6.07) is 11.4. The lowest BCUT2D eigenvalue weighted by Crippen LogP contribution is -2.69. The fourth-order valence-corrected chi connectivity index (χ4v) is 4.80. The highest BCUT2D eigenvalue weighted by Gasteiger charge is 2.91. The Kier molecular flexibility index (Phi) is 2.44. The van der Waals surface area contributed by atoms with Crippen molar-refractivity contribution >= 4 is 10.8 Å². The molecule has 5 atom stereocenters. The Hall–Kier alpha value is -2.38. The fraction of sp³-hybridized carbons (Fsp3) is 0.300. The summed E-state index contributed by atoms with van der Waals surface area (Å²) < 4.78 is 18.4. The lowest BCUT2D eigenvalue weighted by molar-refractivity contribution is -0.162. The molecule has 2 aliphatic heterocycles. The maximum atomic E-state index is 10.8. The topological polar surface area (TPSA) is 91.7 Å². The second-order valence-electron chi connectivity index (χ2n) is 7.19. The van der Waals surface area contributed by atoms with E-state index in [1.54, 1.807) is 6.08 Å². The van der Waals surface area contributed by atoms with Gasteiger partial charge < -0.3 is 29.5 Å². The molecule has 132 valence electrons. The van der Waals surface area contributed by atoms with E-state index >= 15 is 0 Å². The Morgan fingerprint density at radius 1 is 0.769 bits per heavy atom. The lowest BCUT2D eigenvalue weighted by atomic mass is 9.68. The van der Waals surface area contributed by atoms with E-state index in [0.29, 0.717) is 11.5 Å². The highest BCUT2D eigenvalue weighted by atomic mass is 16.8. The number of rotatable bonds is 0. The molecule has 6 nitrogen and oxygen atoms in total. The molecule has 6 rings (SSSR count). The van der Waals surface area contributed by atoms with Crippen LogP contribution in [0.2, 0.25) is 0 Å². The summed E-state index contributed by atoms with van der Waals surface area (Å²) >= 11 is 0. The highest BCUT2D eigenvalue weighted by molar-refractivity contribution is 5.94. The van der Waals surface area contributed by atoms with Gasteiger partial charge in [-0.15, -0.1) is 0 Å². The molecule has 0 bridgehead atoms. The van der Waals surface area contributed by atoms with Crippen molar-refractivity contribution in [1.29, 1.82) is 0 Å². The zero-order valence-electron chi connectivity index (χ0n) is 13.6. The van der Waals surface area contributed by atoms with Crippen LogP contribution in [0.5, 0.6) is 11.5 Å². The Morgan fingerprint density at radius 3 is 2.08 bits per heavy atom. The SMILES string of the molecule is O[C@@H]1C=C[C@H](O)[C@@]23O[C@@]12C1(C=C[C@@H]3O)Oc2cccc3cccc(c23)O1. The Bertz CT molecular complexity index is 972. The van der Waals surface area contributed by atoms with Gasteiger partial charge in [0.2, 0.25) is 5.60 Å². The van der Waals surface area contributed by atoms with Gasteiger partial charge in [0, 0.05) is 6.08 Å². The third kappa shape index (κ3) is 1.35. The van der Waals surface area contributed by atoms with Gasteiger partial charge in [0.25, 0.3) is 0 Å². The molecule has 0 unspecified atom stereocenters. The van der Waals surface area contributed by atoms with Crippen LogP contribution in [0.1, 0.15) is 0 Å². The summed E-state index contributed by atoms with van der Waals surface area (Å²) in [5.41, 5.74) is -2.85. The molecule has 3 N–H and O–H groups in total. The van der Waals surface area contributed by atoms with Crippen molar-refractivity contribution in [3.05, 3.63) is 60.7 Å². The first-order valence-electron chi connectivity index (χ1n) is 8.56. The van der Waals surface area contributed by atoms with Crippen molar-refractivity contribution in [1.82, 2.24) is 0 Å². The largest absolute Gasteiger partial charge is 0.445 e. The van der Waals surface area contributed by atoms with Crippen LogP contribution in [-0.4, -0.2) is 50.6 Å². The van der Waals surface area contributed by atoms with E-state index in [4.69, 9.17) is 14.2 Å². The molecule has 1 spiro atoms. The van der Waals surface area contributed by atoms with Crippen LogP contribution in [0.3, 0.4) is 0 Å². The molecule has 2 aromatic carbocycles. The maximum absolute atomic E-state index is 10.8. The predicted octanol–water partition coefficient (Wildman–Crippen LogP) is 1.04. The summed E-state index contributed by atoms with van der Waals surface area (Å²) in [6.45, 7) is 0. The minimum atomic E-state index is -1.50. The third-order valence-corrected chi connectivity index (χ3v) is 6.01. The van der Waals surface area contributed by atoms with Crippen molar-refractivity contribution in [3.8, 4) is 11.5 Å². The molecule has 2 aromatic rings. The molecule has 2 aliphatic carbocycles. The summed E-state index contributed by atoms with van der Waals surface area (Å²) in [4.78, 5) is 0. The van der Waals surface area contributed by atoms with Crippen LogP contribution in [0, 0.1) is 0 Å². The number of ether oxygens (including phenoxy) is 3. The molecule has 2 heterocycles. The Morgan fingerprint density at radius 2 is 1.38 bits per heavy atom. The highest BCUT2D eigenvalue weighted by Crippen LogP contribution is 2.67. The molecular formula is C20H16O6. The summed E-state index contributed by atoms with van der Waals surface area (Å²) in [5, 5.41) is 33.6. The molecule has 0 aromatic heterocycles. The summed E-state index contributed by atoms with van der Waals surface area (Å²) in [7, 11) is 0. The van der Waals surface area contributed by atoms with Gasteiger partial charge in [0.1, 0.15) is 29.8 Å². The molecule has 0 amide bonds. The maximum Gasteiger partial charge on any atom is 0.306 e. The lowest BCUT2D eigenvalue weighted by Gasteiger charge is -2.46.